The third-order valence-corrected chi connectivity index (χ3v) is 10.8. The van der Waals surface area contributed by atoms with Gasteiger partial charge in [-0.1, -0.05) is 147 Å². The van der Waals surface area contributed by atoms with Crippen molar-refractivity contribution in [3.05, 3.63) is 169 Å². The largest absolute Gasteiger partial charge is 0.0616 e. The molecule has 0 heteroatoms. The van der Waals surface area contributed by atoms with Gasteiger partial charge in [0.15, 0.2) is 0 Å². The molecule has 0 unspecified atom stereocenters. The Balaban J connectivity index is 1.01. The molecule has 0 atom stereocenters. The molecule has 0 nitrogen and oxygen atoms in total. The number of rotatable bonds is 3. The molecule has 0 radical (unpaired) electrons. The minimum atomic E-state index is -0.0454. The zero-order valence-electron chi connectivity index (χ0n) is 26.5. The molecule has 0 spiro atoms. The zero-order valence-corrected chi connectivity index (χ0v) is 26.5. The highest BCUT2D eigenvalue weighted by Gasteiger charge is 2.35. The average molecular weight is 597 g/mol. The highest BCUT2D eigenvalue weighted by atomic mass is 14.4. The predicted molar refractivity (Wildman–Crippen MR) is 202 cm³/mol. The van der Waals surface area contributed by atoms with E-state index in [1.54, 1.807) is 0 Å². The molecule has 0 aliphatic heterocycles. The Morgan fingerprint density at radius 2 is 0.851 bits per heavy atom. The average Bonchev–Trinajstić information content (AvgIpc) is 3.34. The number of hydrogen-bond acceptors (Lipinski definition) is 0. The molecule has 0 fully saturated rings. The molecule has 0 saturated carbocycles. The van der Waals surface area contributed by atoms with Gasteiger partial charge >= 0.3 is 0 Å². The summed E-state index contributed by atoms with van der Waals surface area (Å²) in [7, 11) is 0. The highest BCUT2D eigenvalue weighted by Crippen LogP contribution is 2.51. The van der Waals surface area contributed by atoms with Crippen LogP contribution < -0.4 is 0 Å². The van der Waals surface area contributed by atoms with E-state index >= 15 is 0 Å². The van der Waals surface area contributed by atoms with Crippen LogP contribution in [0.15, 0.2) is 158 Å². The lowest BCUT2D eigenvalue weighted by molar-refractivity contribution is 0.661. The molecule has 0 N–H and O–H groups in total. The minimum Gasteiger partial charge on any atom is -0.0616 e. The first-order valence-corrected chi connectivity index (χ1v) is 16.6. The van der Waals surface area contributed by atoms with Crippen molar-refractivity contribution in [2.75, 3.05) is 0 Å². The Hall–Kier alpha value is -5.72. The first-order valence-electron chi connectivity index (χ1n) is 16.6. The fraction of sp³-hybridized carbons (Fsp3) is 0.0638. The van der Waals surface area contributed by atoms with Crippen LogP contribution in [0.4, 0.5) is 0 Å². The van der Waals surface area contributed by atoms with Crippen molar-refractivity contribution in [3.63, 3.8) is 0 Å². The predicted octanol–water partition coefficient (Wildman–Crippen LogP) is 13.0. The van der Waals surface area contributed by atoms with Gasteiger partial charge in [0.2, 0.25) is 0 Å². The molecule has 0 bridgehead atoms. The molecule has 1 aliphatic rings. The van der Waals surface area contributed by atoms with Gasteiger partial charge in [0.1, 0.15) is 0 Å². The van der Waals surface area contributed by atoms with Gasteiger partial charge in [-0.3, -0.25) is 0 Å². The Morgan fingerprint density at radius 3 is 1.62 bits per heavy atom. The van der Waals surface area contributed by atoms with E-state index in [-0.39, 0.29) is 5.41 Å². The molecule has 0 aromatic heterocycles. The second-order valence-corrected chi connectivity index (χ2v) is 13.8. The van der Waals surface area contributed by atoms with Crippen LogP contribution in [0.1, 0.15) is 25.0 Å². The molecule has 9 aromatic carbocycles. The lowest BCUT2D eigenvalue weighted by atomic mass is 9.81. The quantitative estimate of drug-likeness (QED) is 0.178. The summed E-state index contributed by atoms with van der Waals surface area (Å²) < 4.78 is 0. The van der Waals surface area contributed by atoms with E-state index in [9.17, 15) is 0 Å². The summed E-state index contributed by atoms with van der Waals surface area (Å²) >= 11 is 0. The molecule has 0 saturated heterocycles. The van der Waals surface area contributed by atoms with E-state index in [2.05, 4.69) is 172 Å². The summed E-state index contributed by atoms with van der Waals surface area (Å²) in [4.78, 5) is 0. The fourth-order valence-electron chi connectivity index (χ4n) is 8.31. The maximum absolute atomic E-state index is 2.42. The molecule has 220 valence electrons. The number of hydrogen-bond donors (Lipinski definition) is 0. The van der Waals surface area contributed by atoms with E-state index in [0.717, 1.165) is 0 Å². The minimum absolute atomic E-state index is 0.0454. The van der Waals surface area contributed by atoms with Crippen molar-refractivity contribution in [1.82, 2.24) is 0 Å². The van der Waals surface area contributed by atoms with Gasteiger partial charge in [0, 0.05) is 5.41 Å². The monoisotopic (exact) mass is 596 g/mol. The number of benzene rings is 9. The van der Waals surface area contributed by atoms with E-state index < -0.39 is 0 Å². The van der Waals surface area contributed by atoms with Gasteiger partial charge in [0.05, 0.1) is 0 Å². The smallest absolute Gasteiger partial charge is 0.0159 e. The molecule has 10 rings (SSSR count). The van der Waals surface area contributed by atoms with Crippen LogP contribution in [-0.4, -0.2) is 0 Å². The van der Waals surface area contributed by atoms with Crippen molar-refractivity contribution >= 4 is 43.1 Å². The van der Waals surface area contributed by atoms with Crippen molar-refractivity contribution in [2.45, 2.75) is 19.3 Å². The van der Waals surface area contributed by atoms with Crippen molar-refractivity contribution in [2.24, 2.45) is 0 Å². The molecule has 9 aromatic rings. The Bertz CT molecular complexity index is 2670. The maximum Gasteiger partial charge on any atom is 0.0159 e. The molecular weight excluding hydrogens is 565 g/mol. The van der Waals surface area contributed by atoms with Gasteiger partial charge in [-0.05, 0) is 123 Å². The topological polar surface area (TPSA) is 0 Å². The SMILES string of the molecule is CC1(C)c2cc(-c3ccc(-c4cccc(-c5ccc6ccc7cccc8ccc5c6c78)c4)cc3)ccc2-c2cc3ccccc3cc21. The first kappa shape index (κ1) is 26.5. The van der Waals surface area contributed by atoms with Crippen LogP contribution in [0.5, 0.6) is 0 Å². The molecule has 0 amide bonds. The second-order valence-electron chi connectivity index (χ2n) is 13.8. The summed E-state index contributed by atoms with van der Waals surface area (Å²) in [5.41, 5.74) is 13.0. The van der Waals surface area contributed by atoms with Crippen LogP contribution >= 0.6 is 0 Å². The molecule has 0 heterocycles. The van der Waals surface area contributed by atoms with Crippen LogP contribution in [-0.2, 0) is 5.41 Å². The van der Waals surface area contributed by atoms with Gasteiger partial charge in [-0.15, -0.1) is 0 Å². The Kier molecular flexibility index (Phi) is 5.44. The van der Waals surface area contributed by atoms with Crippen LogP contribution in [0, 0.1) is 0 Å². The highest BCUT2D eigenvalue weighted by molar-refractivity contribution is 6.25. The third-order valence-electron chi connectivity index (χ3n) is 10.8. The third kappa shape index (κ3) is 3.88. The van der Waals surface area contributed by atoms with E-state index in [4.69, 9.17) is 0 Å². The summed E-state index contributed by atoms with van der Waals surface area (Å²) in [6.07, 6.45) is 0. The molecule has 1 aliphatic carbocycles. The lowest BCUT2D eigenvalue weighted by Gasteiger charge is -2.22. The van der Waals surface area contributed by atoms with Crippen LogP contribution in [0.2, 0.25) is 0 Å². The van der Waals surface area contributed by atoms with Crippen molar-refractivity contribution < 1.29 is 0 Å². The molecular formula is C47H32. The maximum atomic E-state index is 2.42. The summed E-state index contributed by atoms with van der Waals surface area (Å²) in [6, 6.07) is 58.9. The van der Waals surface area contributed by atoms with Gasteiger partial charge in [0.25, 0.3) is 0 Å². The first-order chi connectivity index (χ1) is 23.0. The Labute approximate surface area is 274 Å². The summed E-state index contributed by atoms with van der Waals surface area (Å²) in [6.45, 7) is 4.74. The van der Waals surface area contributed by atoms with Gasteiger partial charge in [-0.2, -0.15) is 0 Å². The summed E-state index contributed by atoms with van der Waals surface area (Å²) in [5.74, 6) is 0. The normalized spacial score (nSPS) is 13.5. The van der Waals surface area contributed by atoms with Gasteiger partial charge in [-0.25, -0.2) is 0 Å². The van der Waals surface area contributed by atoms with Crippen LogP contribution in [0.3, 0.4) is 0 Å². The zero-order chi connectivity index (χ0) is 31.3. The standard InChI is InChI=1S/C47H32/c1-47(2)43-28-37(21-23-40(43)42-26-35-7-3-4-8-36(35)27-44(42)47)30-15-13-29(14-16-30)34-11-6-12-38(25-34)39-22-19-33-18-17-31-9-5-10-32-20-24-41(39)46(33)45(31)32/h3-28H,1-2H3. The second kappa shape index (κ2) is 9.64. The van der Waals surface area contributed by atoms with Crippen molar-refractivity contribution in [3.8, 4) is 44.5 Å². The van der Waals surface area contributed by atoms with Crippen molar-refractivity contribution in [1.29, 1.82) is 0 Å². The van der Waals surface area contributed by atoms with E-state index in [0.29, 0.717) is 0 Å². The summed E-state index contributed by atoms with van der Waals surface area (Å²) in [5, 5.41) is 10.6. The van der Waals surface area contributed by atoms with E-state index in [1.807, 2.05) is 0 Å². The van der Waals surface area contributed by atoms with E-state index in [1.165, 1.54) is 98.7 Å². The Morgan fingerprint density at radius 1 is 0.319 bits per heavy atom. The fourth-order valence-corrected chi connectivity index (χ4v) is 8.31. The lowest BCUT2D eigenvalue weighted by Crippen LogP contribution is -2.15. The van der Waals surface area contributed by atoms with Crippen LogP contribution in [0.25, 0.3) is 87.6 Å². The van der Waals surface area contributed by atoms with Gasteiger partial charge < -0.3 is 0 Å². The molecule has 47 heavy (non-hydrogen) atoms. The number of fused-ring (bicyclic) bond motifs is 4.